The number of nitrogens with one attached hydrogen (secondary N) is 2. The zero-order valence-electron chi connectivity index (χ0n) is 18.9. The number of hydrogen-bond acceptors (Lipinski definition) is 9. The Balaban J connectivity index is 1.37. The monoisotopic (exact) mass is 534 g/mol. The van der Waals surface area contributed by atoms with Crippen molar-refractivity contribution in [2.75, 3.05) is 23.0 Å². The maximum atomic E-state index is 13.0. The molecule has 8 nitrogen and oxygen atoms in total. The molecule has 0 fully saturated rings. The van der Waals surface area contributed by atoms with Gasteiger partial charge < -0.3 is 10.1 Å². The van der Waals surface area contributed by atoms with Crippen LogP contribution in [0.5, 0.6) is 0 Å². The van der Waals surface area contributed by atoms with E-state index in [2.05, 4.69) is 20.8 Å². The van der Waals surface area contributed by atoms with Crippen LogP contribution in [0, 0.1) is 5.82 Å². The Morgan fingerprint density at radius 1 is 1.06 bits per heavy atom. The molecule has 2 aromatic heterocycles. The summed E-state index contributed by atoms with van der Waals surface area (Å²) in [4.78, 5) is 38.7. The van der Waals surface area contributed by atoms with Crippen molar-refractivity contribution >= 4 is 62.4 Å². The number of aryl methyl sites for hydroxylation is 1. The van der Waals surface area contributed by atoms with E-state index in [-0.39, 0.29) is 23.4 Å². The zero-order valence-corrected chi connectivity index (χ0v) is 21.3. The average Bonchev–Trinajstić information content (AvgIpc) is 3.34. The Hall–Kier alpha value is -2.83. The first kappa shape index (κ1) is 25.3. The number of esters is 1. The van der Waals surface area contributed by atoms with E-state index in [1.807, 2.05) is 0 Å². The lowest BCUT2D eigenvalue weighted by Crippen LogP contribution is -2.16. The largest absolute Gasteiger partial charge is 0.462 e. The highest BCUT2D eigenvalue weighted by atomic mass is 32.2. The highest BCUT2D eigenvalue weighted by molar-refractivity contribution is 8.01. The second kappa shape index (κ2) is 11.7. The molecule has 0 saturated carbocycles. The standard InChI is InChI=1S/C23H23FN4O4S3/c1-2-32-21(31)18-15-6-4-3-5-7-16(15)34-20(18)25-17(29)12-33-23-28-27-22(35-23)26-19(30)13-8-10-14(24)11-9-13/h8-11H,2-7,12H2,1H3,(H,25,29)(H,26,27,30). The molecule has 0 saturated heterocycles. The summed E-state index contributed by atoms with van der Waals surface area (Å²) >= 11 is 3.76. The van der Waals surface area contributed by atoms with Gasteiger partial charge in [0.15, 0.2) is 4.34 Å². The SMILES string of the molecule is CCOC(=O)c1c(NC(=O)CSc2nnc(NC(=O)c3ccc(F)cc3)s2)sc2c1CCCCC2. The number of amides is 2. The van der Waals surface area contributed by atoms with Crippen molar-refractivity contribution in [3.05, 3.63) is 51.7 Å². The zero-order chi connectivity index (χ0) is 24.8. The van der Waals surface area contributed by atoms with Crippen LogP contribution in [0.1, 0.15) is 57.3 Å². The van der Waals surface area contributed by atoms with Crippen molar-refractivity contribution in [2.45, 2.75) is 43.4 Å². The minimum Gasteiger partial charge on any atom is -0.462 e. The highest BCUT2D eigenvalue weighted by Gasteiger charge is 2.26. The van der Waals surface area contributed by atoms with Crippen LogP contribution in [0.2, 0.25) is 0 Å². The molecule has 12 heteroatoms. The van der Waals surface area contributed by atoms with Gasteiger partial charge >= 0.3 is 5.97 Å². The van der Waals surface area contributed by atoms with Gasteiger partial charge in [0.05, 0.1) is 17.9 Å². The van der Waals surface area contributed by atoms with Crippen molar-refractivity contribution in [2.24, 2.45) is 0 Å². The lowest BCUT2D eigenvalue weighted by molar-refractivity contribution is -0.113. The lowest BCUT2D eigenvalue weighted by Gasteiger charge is -2.08. The number of thioether (sulfide) groups is 1. The fraction of sp³-hybridized carbons (Fsp3) is 0.348. The summed E-state index contributed by atoms with van der Waals surface area (Å²) < 4.78 is 18.8. The molecule has 3 aromatic rings. The van der Waals surface area contributed by atoms with E-state index in [1.54, 1.807) is 6.92 Å². The Labute approximate surface area is 213 Å². The number of carbonyl (C=O) groups is 3. The van der Waals surface area contributed by atoms with E-state index in [9.17, 15) is 18.8 Å². The van der Waals surface area contributed by atoms with Gasteiger partial charge in [-0.05, 0) is 62.4 Å². The molecule has 0 atom stereocenters. The number of hydrogen-bond donors (Lipinski definition) is 2. The number of halogens is 1. The van der Waals surface area contributed by atoms with Crippen LogP contribution >= 0.6 is 34.4 Å². The average molecular weight is 535 g/mol. The third-order valence-electron chi connectivity index (χ3n) is 5.21. The van der Waals surface area contributed by atoms with Crippen LogP contribution in [0.3, 0.4) is 0 Å². The predicted molar refractivity (Wildman–Crippen MR) is 135 cm³/mol. The number of fused-ring (bicyclic) bond motifs is 1. The van der Waals surface area contributed by atoms with E-state index in [0.717, 1.165) is 53.9 Å². The summed E-state index contributed by atoms with van der Waals surface area (Å²) in [6.07, 6.45) is 4.90. The Morgan fingerprint density at radius 3 is 2.60 bits per heavy atom. The first-order valence-corrected chi connectivity index (χ1v) is 13.7. The summed E-state index contributed by atoms with van der Waals surface area (Å²) in [6.45, 7) is 2.03. The first-order valence-electron chi connectivity index (χ1n) is 11.1. The Kier molecular flexibility index (Phi) is 8.47. The molecule has 0 unspecified atom stereocenters. The fourth-order valence-electron chi connectivity index (χ4n) is 3.63. The van der Waals surface area contributed by atoms with Crippen LogP contribution in [0.25, 0.3) is 0 Å². The van der Waals surface area contributed by atoms with Crippen LogP contribution in [0.15, 0.2) is 28.6 Å². The van der Waals surface area contributed by atoms with E-state index in [1.165, 1.54) is 47.4 Å². The number of ether oxygens (including phenoxy) is 1. The molecule has 2 N–H and O–H groups in total. The molecule has 2 amide bonds. The molecular formula is C23H23FN4O4S3. The van der Waals surface area contributed by atoms with Crippen LogP contribution in [-0.4, -0.2) is 40.3 Å². The normalized spacial score (nSPS) is 13.0. The van der Waals surface area contributed by atoms with Crippen LogP contribution in [0.4, 0.5) is 14.5 Å². The maximum Gasteiger partial charge on any atom is 0.341 e. The molecule has 2 heterocycles. The van der Waals surface area contributed by atoms with Crippen molar-refractivity contribution in [3.8, 4) is 0 Å². The second-order valence-corrected chi connectivity index (χ2v) is 11.0. The molecule has 4 rings (SSSR count). The number of aromatic nitrogens is 2. The van der Waals surface area contributed by atoms with Crippen molar-refractivity contribution in [1.82, 2.24) is 10.2 Å². The van der Waals surface area contributed by atoms with Crippen LogP contribution in [-0.2, 0) is 22.4 Å². The van der Waals surface area contributed by atoms with Gasteiger partial charge in [0.2, 0.25) is 11.0 Å². The molecule has 0 aliphatic heterocycles. The van der Waals surface area contributed by atoms with Gasteiger partial charge in [-0.25, -0.2) is 9.18 Å². The van der Waals surface area contributed by atoms with E-state index >= 15 is 0 Å². The van der Waals surface area contributed by atoms with Gasteiger partial charge in [0.25, 0.3) is 5.91 Å². The van der Waals surface area contributed by atoms with Crippen molar-refractivity contribution in [1.29, 1.82) is 0 Å². The Morgan fingerprint density at radius 2 is 1.83 bits per heavy atom. The minimum absolute atomic E-state index is 0.0609. The smallest absolute Gasteiger partial charge is 0.341 e. The highest BCUT2D eigenvalue weighted by Crippen LogP contribution is 2.38. The van der Waals surface area contributed by atoms with E-state index < -0.39 is 17.7 Å². The number of rotatable bonds is 8. The minimum atomic E-state index is -0.431. The molecule has 1 aliphatic rings. The summed E-state index contributed by atoms with van der Waals surface area (Å²) in [5.41, 5.74) is 1.77. The van der Waals surface area contributed by atoms with Gasteiger partial charge in [0.1, 0.15) is 10.8 Å². The molecular weight excluding hydrogens is 511 g/mol. The van der Waals surface area contributed by atoms with E-state index in [4.69, 9.17) is 4.74 Å². The molecule has 35 heavy (non-hydrogen) atoms. The van der Waals surface area contributed by atoms with Crippen LogP contribution < -0.4 is 10.6 Å². The quantitative estimate of drug-likeness (QED) is 0.178. The Bertz CT molecular complexity index is 1230. The van der Waals surface area contributed by atoms with Gasteiger partial charge in [-0.1, -0.05) is 29.5 Å². The number of nitrogens with zero attached hydrogens (tertiary/aromatic N) is 2. The van der Waals surface area contributed by atoms with Gasteiger partial charge in [-0.3, -0.25) is 14.9 Å². The number of carbonyl (C=O) groups excluding carboxylic acids is 3. The summed E-state index contributed by atoms with van der Waals surface area (Å²) in [5.74, 6) is -1.48. The molecule has 0 radical (unpaired) electrons. The van der Waals surface area contributed by atoms with Gasteiger partial charge in [-0.15, -0.1) is 21.5 Å². The van der Waals surface area contributed by atoms with Crippen molar-refractivity contribution in [3.63, 3.8) is 0 Å². The summed E-state index contributed by atoms with van der Waals surface area (Å²) in [6, 6.07) is 5.16. The van der Waals surface area contributed by atoms with Gasteiger partial charge in [0, 0.05) is 10.4 Å². The topological polar surface area (TPSA) is 110 Å². The maximum absolute atomic E-state index is 13.0. The number of benzene rings is 1. The third-order valence-corrected chi connectivity index (χ3v) is 8.39. The summed E-state index contributed by atoms with van der Waals surface area (Å²) in [5, 5.41) is 14.2. The number of anilines is 2. The molecule has 1 aliphatic carbocycles. The number of thiophene rings is 1. The lowest BCUT2D eigenvalue weighted by atomic mass is 10.1. The fourth-order valence-corrected chi connectivity index (χ4v) is 6.47. The van der Waals surface area contributed by atoms with E-state index in [0.29, 0.717) is 20.5 Å². The second-order valence-electron chi connectivity index (χ2n) is 7.66. The van der Waals surface area contributed by atoms with Gasteiger partial charge in [-0.2, -0.15) is 0 Å². The first-order chi connectivity index (χ1) is 16.9. The molecule has 0 bridgehead atoms. The molecule has 184 valence electrons. The molecule has 1 aromatic carbocycles. The third kappa shape index (κ3) is 6.44. The van der Waals surface area contributed by atoms with Crippen molar-refractivity contribution < 1.29 is 23.5 Å². The molecule has 0 spiro atoms. The predicted octanol–water partition coefficient (Wildman–Crippen LogP) is 5.17. The summed E-state index contributed by atoms with van der Waals surface area (Å²) in [7, 11) is 0.